The molecule has 3 aliphatic heterocycles. The Morgan fingerprint density at radius 2 is 1.70 bits per heavy atom. The van der Waals surface area contributed by atoms with Crippen LogP contribution in [0.1, 0.15) is 77.3 Å². The standard InChI is InChI=1S/C30H29F2N3O5/c31-24-2-1-3-25(32)26(24)27-23(28(40-33-27)16-4-5-16)15-39-22-11-20-8-9-21(12-22)35(20)30(38)34-13-18-7-6-17(29(36)37)10-19(18)14-34/h1-3,6-7,10,16,20-22H,4-5,8-9,11-15H2,(H,36,37)/t20-,21+,22?. The zero-order chi connectivity index (χ0) is 27.5. The van der Waals surface area contributed by atoms with Crippen LogP contribution in [0.25, 0.3) is 11.3 Å². The van der Waals surface area contributed by atoms with E-state index in [9.17, 15) is 23.5 Å². The van der Waals surface area contributed by atoms with Crippen LogP contribution in [-0.2, 0) is 24.4 Å². The van der Waals surface area contributed by atoms with Gasteiger partial charge in [0.25, 0.3) is 0 Å². The van der Waals surface area contributed by atoms with Gasteiger partial charge in [-0.25, -0.2) is 18.4 Å². The number of carbonyl (C=O) groups excluding carboxylic acids is 1. The third kappa shape index (κ3) is 4.34. The number of hydrogen-bond donors (Lipinski definition) is 1. The van der Waals surface area contributed by atoms with E-state index in [0.29, 0.717) is 37.3 Å². The maximum atomic E-state index is 14.6. The summed E-state index contributed by atoms with van der Waals surface area (Å²) >= 11 is 0. The molecule has 2 bridgehead atoms. The van der Waals surface area contributed by atoms with Crippen LogP contribution in [0.4, 0.5) is 13.6 Å². The topological polar surface area (TPSA) is 96.1 Å². The van der Waals surface area contributed by atoms with Crippen LogP contribution in [0.3, 0.4) is 0 Å². The average Bonchev–Trinajstić information content (AvgIpc) is 3.45. The third-order valence-electron chi connectivity index (χ3n) is 8.79. The number of benzene rings is 2. The molecular formula is C30H29F2N3O5. The van der Waals surface area contributed by atoms with E-state index in [-0.39, 0.29) is 53.6 Å². The molecule has 4 aliphatic rings. The van der Waals surface area contributed by atoms with Crippen LogP contribution in [-0.4, -0.2) is 50.3 Å². The number of carboxylic acids is 1. The van der Waals surface area contributed by atoms with Crippen LogP contribution in [0, 0.1) is 11.6 Å². The summed E-state index contributed by atoms with van der Waals surface area (Å²) in [6.07, 6.45) is 4.95. The maximum absolute atomic E-state index is 14.6. The number of fused-ring (bicyclic) bond motifs is 3. The molecule has 3 aromatic rings. The lowest BCUT2D eigenvalue weighted by molar-refractivity contribution is -0.0210. The van der Waals surface area contributed by atoms with E-state index < -0.39 is 17.6 Å². The highest BCUT2D eigenvalue weighted by atomic mass is 19.1. The first-order chi connectivity index (χ1) is 19.4. The zero-order valence-corrected chi connectivity index (χ0v) is 21.8. The Kier molecular flexibility index (Phi) is 6.10. The van der Waals surface area contributed by atoms with E-state index in [0.717, 1.165) is 36.8 Å². The number of amides is 2. The first-order valence-electron chi connectivity index (χ1n) is 13.8. The van der Waals surface area contributed by atoms with Crippen molar-refractivity contribution in [1.82, 2.24) is 15.0 Å². The van der Waals surface area contributed by atoms with Crippen LogP contribution in [0.15, 0.2) is 40.9 Å². The Morgan fingerprint density at radius 1 is 1.00 bits per heavy atom. The van der Waals surface area contributed by atoms with E-state index in [1.54, 1.807) is 23.1 Å². The van der Waals surface area contributed by atoms with Gasteiger partial charge in [0.15, 0.2) is 0 Å². The number of halogens is 2. The number of nitrogens with zero attached hydrogens (tertiary/aromatic N) is 3. The molecule has 7 rings (SSSR count). The summed E-state index contributed by atoms with van der Waals surface area (Å²) in [6, 6.07) is 8.84. The molecule has 0 radical (unpaired) electrons. The molecule has 10 heteroatoms. The van der Waals surface area contributed by atoms with Gasteiger partial charge in [-0.2, -0.15) is 0 Å². The number of aromatic nitrogens is 1. The van der Waals surface area contributed by atoms with E-state index in [1.807, 2.05) is 4.90 Å². The molecule has 8 nitrogen and oxygen atoms in total. The van der Waals surface area contributed by atoms with Crippen LogP contribution >= 0.6 is 0 Å². The van der Waals surface area contributed by atoms with Gasteiger partial charge in [0.1, 0.15) is 23.1 Å². The minimum Gasteiger partial charge on any atom is -0.478 e. The quantitative estimate of drug-likeness (QED) is 0.415. The second kappa shape index (κ2) is 9.69. The van der Waals surface area contributed by atoms with Crippen LogP contribution in [0.5, 0.6) is 0 Å². The van der Waals surface area contributed by atoms with Crippen LogP contribution in [0.2, 0.25) is 0 Å². The normalized spacial score (nSPS) is 23.5. The average molecular weight is 550 g/mol. The first kappa shape index (κ1) is 25.2. The summed E-state index contributed by atoms with van der Waals surface area (Å²) in [5, 5.41) is 13.4. The smallest absolute Gasteiger partial charge is 0.335 e. The fourth-order valence-electron chi connectivity index (χ4n) is 6.65. The molecule has 2 saturated heterocycles. The zero-order valence-electron chi connectivity index (χ0n) is 21.8. The minimum absolute atomic E-state index is 0.0219. The predicted octanol–water partition coefficient (Wildman–Crippen LogP) is 5.84. The van der Waals surface area contributed by atoms with Crippen molar-refractivity contribution in [3.8, 4) is 11.3 Å². The van der Waals surface area contributed by atoms with Crippen molar-refractivity contribution >= 4 is 12.0 Å². The van der Waals surface area contributed by atoms with Crippen molar-refractivity contribution in [3.05, 3.63) is 76.0 Å². The molecule has 2 aromatic carbocycles. The summed E-state index contributed by atoms with van der Waals surface area (Å²) in [5.74, 6) is -1.52. The first-order valence-corrected chi connectivity index (χ1v) is 13.8. The third-order valence-corrected chi connectivity index (χ3v) is 8.79. The molecule has 208 valence electrons. The number of urea groups is 1. The molecule has 3 atom stereocenters. The van der Waals surface area contributed by atoms with Gasteiger partial charge in [-0.15, -0.1) is 0 Å². The Bertz CT molecular complexity index is 1470. The number of carbonyl (C=O) groups is 2. The molecule has 2 amide bonds. The number of piperidine rings is 1. The van der Waals surface area contributed by atoms with Crippen molar-refractivity contribution in [2.24, 2.45) is 0 Å². The van der Waals surface area contributed by atoms with Gasteiger partial charge in [0, 0.05) is 36.7 Å². The van der Waals surface area contributed by atoms with E-state index >= 15 is 0 Å². The molecule has 1 aromatic heterocycles. The van der Waals surface area contributed by atoms with Gasteiger partial charge < -0.3 is 24.2 Å². The Hall–Kier alpha value is -3.79. The molecule has 4 heterocycles. The number of rotatable bonds is 6. The monoisotopic (exact) mass is 549 g/mol. The highest BCUT2D eigenvalue weighted by molar-refractivity contribution is 5.88. The molecule has 1 unspecified atom stereocenters. The minimum atomic E-state index is -0.977. The fraction of sp³-hybridized carbons (Fsp3) is 0.433. The summed E-state index contributed by atoms with van der Waals surface area (Å²) in [7, 11) is 0. The van der Waals surface area contributed by atoms with Crippen molar-refractivity contribution in [1.29, 1.82) is 0 Å². The van der Waals surface area contributed by atoms with Gasteiger partial charge in [-0.05, 0) is 73.9 Å². The van der Waals surface area contributed by atoms with Gasteiger partial charge in [-0.3, -0.25) is 0 Å². The van der Waals surface area contributed by atoms with Gasteiger partial charge >= 0.3 is 12.0 Å². The highest BCUT2D eigenvalue weighted by Crippen LogP contribution is 2.45. The lowest BCUT2D eigenvalue weighted by Crippen LogP contribution is -2.52. The SMILES string of the molecule is O=C(O)c1ccc2c(c1)CN(C(=O)N1[C@@H]3CC[C@H]1CC(OCc1c(-c4c(F)cccc4F)noc1C1CC1)C3)C2. The Labute approximate surface area is 229 Å². The Morgan fingerprint density at radius 3 is 2.38 bits per heavy atom. The molecular weight excluding hydrogens is 520 g/mol. The fourth-order valence-corrected chi connectivity index (χ4v) is 6.65. The van der Waals surface area contributed by atoms with E-state index in [1.165, 1.54) is 18.2 Å². The molecule has 1 aliphatic carbocycles. The van der Waals surface area contributed by atoms with Crippen molar-refractivity contribution in [2.45, 2.75) is 82.3 Å². The Balaban J connectivity index is 1.04. The maximum Gasteiger partial charge on any atom is 0.335 e. The number of ether oxygens (including phenoxy) is 1. The molecule has 0 spiro atoms. The van der Waals surface area contributed by atoms with Gasteiger partial charge in [-0.1, -0.05) is 17.3 Å². The molecule has 40 heavy (non-hydrogen) atoms. The lowest BCUT2D eigenvalue weighted by atomic mass is 9.99. The largest absolute Gasteiger partial charge is 0.478 e. The molecule has 1 saturated carbocycles. The van der Waals surface area contributed by atoms with Crippen LogP contribution < -0.4 is 0 Å². The van der Waals surface area contributed by atoms with E-state index in [4.69, 9.17) is 9.26 Å². The van der Waals surface area contributed by atoms with Crippen molar-refractivity contribution < 1.29 is 32.7 Å². The molecule has 3 fully saturated rings. The second-order valence-corrected chi connectivity index (χ2v) is 11.4. The van der Waals surface area contributed by atoms with Gasteiger partial charge in [0.05, 0.1) is 23.8 Å². The van der Waals surface area contributed by atoms with E-state index in [2.05, 4.69) is 5.16 Å². The van der Waals surface area contributed by atoms with Crippen molar-refractivity contribution in [2.75, 3.05) is 0 Å². The number of aromatic carboxylic acids is 1. The summed E-state index contributed by atoms with van der Waals surface area (Å²) in [6.45, 7) is 1.01. The second-order valence-electron chi connectivity index (χ2n) is 11.4. The molecule has 1 N–H and O–H groups in total. The predicted molar refractivity (Wildman–Crippen MR) is 138 cm³/mol. The number of carboxylic acid groups (broad SMARTS) is 1. The lowest BCUT2D eigenvalue weighted by Gasteiger charge is -2.40. The highest BCUT2D eigenvalue weighted by Gasteiger charge is 2.46. The summed E-state index contributed by atoms with van der Waals surface area (Å²) < 4.78 is 41.1. The van der Waals surface area contributed by atoms with Crippen molar-refractivity contribution in [3.63, 3.8) is 0 Å². The number of hydrogen-bond acceptors (Lipinski definition) is 5. The summed E-state index contributed by atoms with van der Waals surface area (Å²) in [4.78, 5) is 28.7. The summed E-state index contributed by atoms with van der Waals surface area (Å²) in [5.41, 5.74) is 2.65. The van der Waals surface area contributed by atoms with Gasteiger partial charge in [0.2, 0.25) is 0 Å².